The van der Waals surface area contributed by atoms with Gasteiger partial charge in [0.25, 0.3) is 5.91 Å². The van der Waals surface area contributed by atoms with Gasteiger partial charge in [-0.1, -0.05) is 11.6 Å². The van der Waals surface area contributed by atoms with Crippen molar-refractivity contribution in [2.45, 2.75) is 6.10 Å². The van der Waals surface area contributed by atoms with E-state index >= 15 is 0 Å². The van der Waals surface area contributed by atoms with Crippen LogP contribution < -0.4 is 0 Å². The molecule has 1 unspecified atom stereocenters. The Labute approximate surface area is 125 Å². The van der Waals surface area contributed by atoms with Gasteiger partial charge in [0.15, 0.2) is 5.82 Å². The number of pyridine rings is 1. The van der Waals surface area contributed by atoms with Gasteiger partial charge in [0.05, 0.1) is 23.7 Å². The van der Waals surface area contributed by atoms with Crippen molar-refractivity contribution >= 4 is 17.5 Å². The average Bonchev–Trinajstić information content (AvgIpc) is 2.93. The van der Waals surface area contributed by atoms with Crippen molar-refractivity contribution < 1.29 is 9.53 Å². The molecule has 0 N–H and O–H groups in total. The van der Waals surface area contributed by atoms with Crippen molar-refractivity contribution in [2.24, 2.45) is 7.05 Å². The largest absolute Gasteiger partial charge is 0.366 e. The summed E-state index contributed by atoms with van der Waals surface area (Å²) in [6.07, 6.45) is 2.66. The molecule has 1 aliphatic heterocycles. The summed E-state index contributed by atoms with van der Waals surface area (Å²) >= 11 is 6.02. The predicted molar refractivity (Wildman–Crippen MR) is 72.6 cm³/mol. The molecule has 0 bridgehead atoms. The molecule has 1 atom stereocenters. The maximum Gasteiger partial charge on any atom is 0.255 e. The zero-order valence-corrected chi connectivity index (χ0v) is 12.1. The third-order valence-corrected chi connectivity index (χ3v) is 3.60. The van der Waals surface area contributed by atoms with E-state index in [-0.39, 0.29) is 12.0 Å². The van der Waals surface area contributed by atoms with Gasteiger partial charge in [-0.05, 0) is 16.5 Å². The molecule has 1 aliphatic rings. The Hall–Kier alpha value is -2.06. The van der Waals surface area contributed by atoms with Crippen LogP contribution in [0, 0.1) is 0 Å². The summed E-state index contributed by atoms with van der Waals surface area (Å²) in [5.74, 6) is 0.444. The van der Waals surface area contributed by atoms with E-state index in [1.54, 1.807) is 24.2 Å². The Kier molecular flexibility index (Phi) is 3.80. The Morgan fingerprint density at radius 2 is 2.38 bits per heavy atom. The van der Waals surface area contributed by atoms with E-state index < -0.39 is 0 Å². The lowest BCUT2D eigenvalue weighted by atomic mass is 10.2. The molecule has 2 aromatic heterocycles. The number of ether oxygens (including phenoxy) is 1. The highest BCUT2D eigenvalue weighted by Crippen LogP contribution is 2.22. The Balaban J connectivity index is 1.79. The molecule has 0 radical (unpaired) electrons. The second kappa shape index (κ2) is 5.74. The third-order valence-electron chi connectivity index (χ3n) is 3.30. The van der Waals surface area contributed by atoms with E-state index in [4.69, 9.17) is 16.3 Å². The van der Waals surface area contributed by atoms with Crippen LogP contribution in [0.25, 0.3) is 0 Å². The minimum absolute atomic E-state index is 0.147. The quantitative estimate of drug-likeness (QED) is 0.801. The monoisotopic (exact) mass is 308 g/mol. The number of hydrogen-bond acceptors (Lipinski definition) is 6. The van der Waals surface area contributed by atoms with E-state index in [2.05, 4.69) is 20.5 Å². The summed E-state index contributed by atoms with van der Waals surface area (Å²) in [4.78, 5) is 18.1. The van der Waals surface area contributed by atoms with Crippen molar-refractivity contribution in [3.8, 4) is 0 Å². The number of aryl methyl sites for hydroxylation is 1. The molecule has 2 aromatic rings. The number of halogens is 1. The first-order chi connectivity index (χ1) is 10.2. The summed E-state index contributed by atoms with van der Waals surface area (Å²) in [7, 11) is 1.74. The molecule has 0 spiro atoms. The first-order valence-corrected chi connectivity index (χ1v) is 6.77. The lowest BCUT2D eigenvalue weighted by Gasteiger charge is -2.32. The maximum absolute atomic E-state index is 12.5. The number of rotatable bonds is 2. The van der Waals surface area contributed by atoms with Crippen LogP contribution in [0.1, 0.15) is 22.3 Å². The van der Waals surface area contributed by atoms with Crippen molar-refractivity contribution in [3.05, 3.63) is 34.9 Å². The van der Waals surface area contributed by atoms with Gasteiger partial charge in [0.1, 0.15) is 6.10 Å². The molecule has 9 heteroatoms. The van der Waals surface area contributed by atoms with Crippen LogP contribution in [0.4, 0.5) is 0 Å². The molecule has 21 heavy (non-hydrogen) atoms. The van der Waals surface area contributed by atoms with Crippen LogP contribution in [0.15, 0.2) is 18.5 Å². The highest BCUT2D eigenvalue weighted by molar-refractivity contribution is 6.33. The van der Waals surface area contributed by atoms with Crippen LogP contribution in [0.2, 0.25) is 5.02 Å². The van der Waals surface area contributed by atoms with Crippen molar-refractivity contribution in [1.82, 2.24) is 30.1 Å². The number of carbonyl (C=O) groups is 1. The molecule has 0 aromatic carbocycles. The van der Waals surface area contributed by atoms with Crippen molar-refractivity contribution in [3.63, 3.8) is 0 Å². The first-order valence-electron chi connectivity index (χ1n) is 6.39. The maximum atomic E-state index is 12.5. The summed E-state index contributed by atoms with van der Waals surface area (Å²) in [5, 5.41) is 11.6. The lowest BCUT2D eigenvalue weighted by Crippen LogP contribution is -2.43. The minimum atomic E-state index is -0.344. The zero-order chi connectivity index (χ0) is 14.8. The van der Waals surface area contributed by atoms with E-state index in [9.17, 15) is 4.79 Å². The van der Waals surface area contributed by atoms with Gasteiger partial charge in [-0.2, -0.15) is 0 Å². The van der Waals surface area contributed by atoms with Gasteiger partial charge in [0, 0.05) is 26.0 Å². The number of aromatic nitrogens is 5. The Bertz CT molecular complexity index is 661. The fourth-order valence-electron chi connectivity index (χ4n) is 2.22. The molecule has 3 heterocycles. The number of nitrogens with zero attached hydrogens (tertiary/aromatic N) is 6. The topological polar surface area (TPSA) is 86.0 Å². The van der Waals surface area contributed by atoms with Crippen molar-refractivity contribution in [2.75, 3.05) is 19.7 Å². The standard InChI is InChI=1S/C12H13ClN6O2/c1-18-11(15-16-17-18)10-7-19(4-5-21-10)12(20)8-2-3-14-6-9(8)13/h2-3,6,10H,4-5,7H2,1H3. The number of tetrazole rings is 1. The summed E-state index contributed by atoms with van der Waals surface area (Å²) < 4.78 is 7.19. The molecule has 1 amide bonds. The fourth-order valence-corrected chi connectivity index (χ4v) is 2.42. The lowest BCUT2D eigenvalue weighted by molar-refractivity contribution is -0.0284. The van der Waals surface area contributed by atoms with Gasteiger partial charge in [-0.15, -0.1) is 5.10 Å². The highest BCUT2D eigenvalue weighted by atomic mass is 35.5. The number of hydrogen-bond donors (Lipinski definition) is 0. The molecule has 110 valence electrons. The smallest absolute Gasteiger partial charge is 0.255 e. The predicted octanol–water partition coefficient (Wildman–Crippen LogP) is 0.472. The molecule has 8 nitrogen and oxygen atoms in total. The number of carbonyl (C=O) groups excluding carboxylic acids is 1. The van der Waals surface area contributed by atoms with Crippen LogP contribution >= 0.6 is 11.6 Å². The SMILES string of the molecule is Cn1nnnc1C1CN(C(=O)c2ccncc2Cl)CCO1. The summed E-state index contributed by atoms with van der Waals surface area (Å²) in [6.45, 7) is 1.30. The van der Waals surface area contributed by atoms with Gasteiger partial charge in [-0.3, -0.25) is 9.78 Å². The summed E-state index contributed by atoms with van der Waals surface area (Å²) in [5.41, 5.74) is 0.434. The molecular formula is C12H13ClN6O2. The summed E-state index contributed by atoms with van der Waals surface area (Å²) in [6, 6.07) is 1.61. The molecule has 0 aliphatic carbocycles. The zero-order valence-electron chi connectivity index (χ0n) is 11.3. The molecule has 3 rings (SSSR count). The number of amides is 1. The van der Waals surface area contributed by atoms with Crippen LogP contribution in [0.3, 0.4) is 0 Å². The Morgan fingerprint density at radius 3 is 3.10 bits per heavy atom. The van der Waals surface area contributed by atoms with E-state index in [1.165, 1.54) is 10.9 Å². The average molecular weight is 309 g/mol. The van der Waals surface area contributed by atoms with Gasteiger partial charge >= 0.3 is 0 Å². The normalized spacial score (nSPS) is 18.8. The third kappa shape index (κ3) is 2.72. The molecule has 1 saturated heterocycles. The van der Waals surface area contributed by atoms with Gasteiger partial charge in [0.2, 0.25) is 0 Å². The molecule has 1 fully saturated rings. The van der Waals surface area contributed by atoms with Gasteiger partial charge < -0.3 is 9.64 Å². The molecule has 0 saturated carbocycles. The van der Waals surface area contributed by atoms with Crippen molar-refractivity contribution in [1.29, 1.82) is 0 Å². The number of morpholine rings is 1. The fraction of sp³-hybridized carbons (Fsp3) is 0.417. The molecular weight excluding hydrogens is 296 g/mol. The second-order valence-electron chi connectivity index (χ2n) is 4.63. The first kappa shape index (κ1) is 13.9. The van der Waals surface area contributed by atoms with Gasteiger partial charge in [-0.25, -0.2) is 4.68 Å². The van der Waals surface area contributed by atoms with E-state index in [0.717, 1.165) is 0 Å². The van der Waals surface area contributed by atoms with Crippen LogP contribution in [-0.4, -0.2) is 55.7 Å². The second-order valence-corrected chi connectivity index (χ2v) is 5.03. The van der Waals surface area contributed by atoms with Crippen LogP contribution in [0.5, 0.6) is 0 Å². The van der Waals surface area contributed by atoms with Crippen LogP contribution in [-0.2, 0) is 11.8 Å². The Morgan fingerprint density at radius 1 is 1.52 bits per heavy atom. The highest BCUT2D eigenvalue weighted by Gasteiger charge is 2.29. The van der Waals surface area contributed by atoms with E-state index in [1.807, 2.05) is 0 Å². The minimum Gasteiger partial charge on any atom is -0.366 e. The van der Waals surface area contributed by atoms with E-state index in [0.29, 0.717) is 36.1 Å².